The number of nitrogens with one attached hydrogen (secondary N) is 1. The predicted octanol–water partition coefficient (Wildman–Crippen LogP) is 3.97. The number of rotatable bonds is 8. The normalized spacial score (nSPS) is 11.5. The van der Waals surface area contributed by atoms with Crippen LogP contribution in [0.4, 0.5) is 0 Å². The number of hydrogen-bond donors (Lipinski definition) is 1. The van der Waals surface area contributed by atoms with Crippen LogP contribution in [0.25, 0.3) is 0 Å². The lowest BCUT2D eigenvalue weighted by Gasteiger charge is -2.20. The van der Waals surface area contributed by atoms with Crippen molar-refractivity contribution in [1.82, 2.24) is 5.32 Å². The molecule has 0 aliphatic heterocycles. The van der Waals surface area contributed by atoms with E-state index >= 15 is 0 Å². The minimum Gasteiger partial charge on any atom is -0.493 e. The number of methoxy groups -OCH3 is 3. The Morgan fingerprint density at radius 1 is 0.964 bits per heavy atom. The van der Waals surface area contributed by atoms with Gasteiger partial charge in [0.15, 0.2) is 11.5 Å². The molecule has 0 fully saturated rings. The van der Waals surface area contributed by atoms with Crippen molar-refractivity contribution in [1.29, 1.82) is 0 Å². The van der Waals surface area contributed by atoms with Crippen molar-refractivity contribution in [3.05, 3.63) is 57.6 Å². The third-order valence-electron chi connectivity index (χ3n) is 4.09. The summed E-state index contributed by atoms with van der Waals surface area (Å²) in [6, 6.07) is 9.58. The Morgan fingerprint density at radius 2 is 1.68 bits per heavy atom. The summed E-state index contributed by atoms with van der Waals surface area (Å²) in [5.74, 6) is 0.315. The number of hydrogen-bond acceptors (Lipinski definition) is 5. The molecule has 8 heteroatoms. The Bertz CT molecular complexity index is 856. The average Bonchev–Trinajstić information content (AvgIpc) is 2.69. The molecule has 0 saturated heterocycles. The molecule has 0 saturated carbocycles. The first-order valence-electron chi connectivity index (χ1n) is 8.40. The summed E-state index contributed by atoms with van der Waals surface area (Å²) in [7, 11) is 4.34. The van der Waals surface area contributed by atoms with Crippen LogP contribution < -0.4 is 14.8 Å². The molecule has 1 amide bonds. The zero-order valence-electron chi connectivity index (χ0n) is 15.8. The van der Waals surface area contributed by atoms with Crippen LogP contribution in [-0.4, -0.2) is 33.2 Å². The third-order valence-corrected chi connectivity index (χ3v) is 4.83. The van der Waals surface area contributed by atoms with Crippen molar-refractivity contribution in [2.75, 3.05) is 21.3 Å². The van der Waals surface area contributed by atoms with Gasteiger partial charge < -0.3 is 19.5 Å². The van der Waals surface area contributed by atoms with E-state index in [1.54, 1.807) is 36.4 Å². The average molecular weight is 426 g/mol. The monoisotopic (exact) mass is 425 g/mol. The molecule has 2 aromatic carbocycles. The number of carbonyl (C=O) groups is 2. The third kappa shape index (κ3) is 5.78. The number of benzene rings is 2. The molecule has 1 unspecified atom stereocenters. The van der Waals surface area contributed by atoms with Crippen LogP contribution in [0.1, 0.15) is 23.6 Å². The number of carbonyl (C=O) groups excluding carboxylic acids is 2. The van der Waals surface area contributed by atoms with Crippen LogP contribution in [0.15, 0.2) is 36.4 Å². The van der Waals surface area contributed by atoms with Crippen molar-refractivity contribution >= 4 is 35.1 Å². The van der Waals surface area contributed by atoms with E-state index in [2.05, 4.69) is 5.32 Å². The lowest BCUT2D eigenvalue weighted by atomic mass is 10.0. The molecule has 0 aliphatic rings. The minimum atomic E-state index is -0.595. The summed E-state index contributed by atoms with van der Waals surface area (Å²) in [6.45, 7) is 0. The molecule has 28 heavy (non-hydrogen) atoms. The lowest BCUT2D eigenvalue weighted by Crippen LogP contribution is -2.31. The molecule has 150 valence electrons. The zero-order chi connectivity index (χ0) is 20.7. The first-order chi connectivity index (χ1) is 13.4. The van der Waals surface area contributed by atoms with E-state index in [0.29, 0.717) is 32.7 Å². The van der Waals surface area contributed by atoms with E-state index < -0.39 is 12.0 Å². The predicted molar refractivity (Wildman–Crippen MR) is 107 cm³/mol. The summed E-state index contributed by atoms with van der Waals surface area (Å²) in [5.41, 5.74) is 1.39. The summed E-state index contributed by atoms with van der Waals surface area (Å²) < 4.78 is 15.3. The number of esters is 1. The minimum absolute atomic E-state index is 0.0287. The standard InChI is InChI=1S/C20H21Cl2NO5/c1-26-17-7-5-13(10-18(17)27-2)16(11-20(25)28-3)23-19(24)9-12-4-6-14(21)15(22)8-12/h4-8,10,16H,9,11H2,1-3H3,(H,23,24). The SMILES string of the molecule is COC(=O)CC(NC(=O)Cc1ccc(Cl)c(Cl)c1)c1ccc(OC)c(OC)c1. The maximum atomic E-state index is 12.5. The molecule has 6 nitrogen and oxygen atoms in total. The van der Waals surface area contributed by atoms with Gasteiger partial charge >= 0.3 is 5.97 Å². The fourth-order valence-electron chi connectivity index (χ4n) is 2.65. The van der Waals surface area contributed by atoms with E-state index in [1.807, 2.05) is 0 Å². The largest absolute Gasteiger partial charge is 0.493 e. The second-order valence-electron chi connectivity index (χ2n) is 5.94. The first kappa shape index (κ1) is 21.9. The van der Waals surface area contributed by atoms with Crippen molar-refractivity contribution in [2.24, 2.45) is 0 Å². The Hall–Kier alpha value is -2.44. The van der Waals surface area contributed by atoms with Crippen LogP contribution in [0.5, 0.6) is 11.5 Å². The molecule has 0 bridgehead atoms. The molecule has 2 aromatic rings. The highest BCUT2D eigenvalue weighted by Crippen LogP contribution is 2.31. The fraction of sp³-hybridized carbons (Fsp3) is 0.300. The van der Waals surface area contributed by atoms with Crippen LogP contribution in [0.3, 0.4) is 0 Å². The number of amides is 1. The van der Waals surface area contributed by atoms with Crippen molar-refractivity contribution in [3.63, 3.8) is 0 Å². The summed E-state index contributed by atoms with van der Waals surface area (Å²) >= 11 is 11.9. The number of halogens is 2. The summed E-state index contributed by atoms with van der Waals surface area (Å²) in [5, 5.41) is 3.65. The maximum absolute atomic E-state index is 12.5. The van der Waals surface area contributed by atoms with Gasteiger partial charge in [-0.2, -0.15) is 0 Å². The summed E-state index contributed by atoms with van der Waals surface area (Å²) in [4.78, 5) is 24.4. The van der Waals surface area contributed by atoms with E-state index in [0.717, 1.165) is 0 Å². The first-order valence-corrected chi connectivity index (χ1v) is 9.15. The molecule has 0 heterocycles. The molecule has 1 atom stereocenters. The highest BCUT2D eigenvalue weighted by molar-refractivity contribution is 6.42. The van der Waals surface area contributed by atoms with Gasteiger partial charge in [-0.25, -0.2) is 0 Å². The molecule has 1 N–H and O–H groups in total. The van der Waals surface area contributed by atoms with Crippen molar-refractivity contribution in [2.45, 2.75) is 18.9 Å². The van der Waals surface area contributed by atoms with Crippen molar-refractivity contribution < 1.29 is 23.8 Å². The molecule has 0 spiro atoms. The second-order valence-corrected chi connectivity index (χ2v) is 6.75. The topological polar surface area (TPSA) is 73.9 Å². The second kappa shape index (κ2) is 10.2. The van der Waals surface area contributed by atoms with Crippen molar-refractivity contribution in [3.8, 4) is 11.5 Å². The van der Waals surface area contributed by atoms with Gasteiger partial charge in [-0.1, -0.05) is 35.3 Å². The molecular weight excluding hydrogens is 405 g/mol. The van der Waals surface area contributed by atoms with Gasteiger partial charge in [-0.3, -0.25) is 9.59 Å². The van der Waals surface area contributed by atoms with Gasteiger partial charge in [-0.15, -0.1) is 0 Å². The fourth-order valence-corrected chi connectivity index (χ4v) is 2.97. The molecular formula is C20H21Cl2NO5. The smallest absolute Gasteiger partial charge is 0.307 e. The van der Waals surface area contributed by atoms with E-state index in [4.69, 9.17) is 37.4 Å². The molecule has 0 radical (unpaired) electrons. The Kier molecular flexibility index (Phi) is 7.96. The number of ether oxygens (including phenoxy) is 3. The highest BCUT2D eigenvalue weighted by atomic mass is 35.5. The van der Waals surface area contributed by atoms with Crippen LogP contribution >= 0.6 is 23.2 Å². The quantitative estimate of drug-likeness (QED) is 0.647. The molecule has 0 aromatic heterocycles. The molecule has 2 rings (SSSR count). The Morgan fingerprint density at radius 3 is 2.29 bits per heavy atom. The van der Waals surface area contributed by atoms with Crippen LogP contribution in [0, 0.1) is 0 Å². The zero-order valence-corrected chi connectivity index (χ0v) is 17.3. The maximum Gasteiger partial charge on any atom is 0.307 e. The highest BCUT2D eigenvalue weighted by Gasteiger charge is 2.21. The molecule has 0 aliphatic carbocycles. The lowest BCUT2D eigenvalue weighted by molar-refractivity contribution is -0.141. The van der Waals surface area contributed by atoms with Gasteiger partial charge in [-0.05, 0) is 35.4 Å². The van der Waals surface area contributed by atoms with Gasteiger partial charge in [0, 0.05) is 0 Å². The van der Waals surface area contributed by atoms with Gasteiger partial charge in [0.1, 0.15) is 0 Å². The Balaban J connectivity index is 2.21. The van der Waals surface area contributed by atoms with E-state index in [1.165, 1.54) is 21.3 Å². The van der Waals surface area contributed by atoms with E-state index in [-0.39, 0.29) is 18.7 Å². The van der Waals surface area contributed by atoms with Crippen LogP contribution in [-0.2, 0) is 20.7 Å². The van der Waals surface area contributed by atoms with Gasteiger partial charge in [0.25, 0.3) is 0 Å². The van der Waals surface area contributed by atoms with Crippen LogP contribution in [0.2, 0.25) is 10.0 Å². The van der Waals surface area contributed by atoms with E-state index in [9.17, 15) is 9.59 Å². The van der Waals surface area contributed by atoms with Gasteiger partial charge in [0.05, 0.1) is 50.3 Å². The summed E-state index contributed by atoms with van der Waals surface area (Å²) in [6.07, 6.45) is 0.0565. The Labute approximate surface area is 173 Å². The van der Waals surface area contributed by atoms with Gasteiger partial charge in [0.2, 0.25) is 5.91 Å².